The molecule has 6 heteroatoms. The van der Waals surface area contributed by atoms with Crippen LogP contribution < -0.4 is 10.6 Å². The normalized spacial score (nSPS) is 23.6. The molecule has 112 valence electrons. The second kappa shape index (κ2) is 9.20. The first-order chi connectivity index (χ1) is 9.11. The summed E-state index contributed by atoms with van der Waals surface area (Å²) in [5.74, 6) is -0.110. The minimum absolute atomic E-state index is 0.0584. The molecule has 1 saturated carbocycles. The Balaban J connectivity index is 2.06. The number of nitrogens with one attached hydrogen (secondary N) is 2. The topological polar surface area (TPSA) is 50.4 Å². The van der Waals surface area contributed by atoms with Gasteiger partial charge in [0.05, 0.1) is 6.61 Å². The van der Waals surface area contributed by atoms with Crippen molar-refractivity contribution >= 4 is 5.91 Å². The van der Waals surface area contributed by atoms with Crippen LogP contribution in [0.4, 0.5) is 8.78 Å². The van der Waals surface area contributed by atoms with Gasteiger partial charge in [-0.3, -0.25) is 4.79 Å². The fourth-order valence-electron chi connectivity index (χ4n) is 2.37. The van der Waals surface area contributed by atoms with Crippen molar-refractivity contribution in [3.8, 4) is 0 Å². The number of hydrogen-bond acceptors (Lipinski definition) is 3. The van der Waals surface area contributed by atoms with Gasteiger partial charge in [-0.25, -0.2) is 8.78 Å². The van der Waals surface area contributed by atoms with Crippen LogP contribution in [0.3, 0.4) is 0 Å². The number of halogens is 2. The summed E-state index contributed by atoms with van der Waals surface area (Å²) in [6, 6.07) is 0.782. The first kappa shape index (κ1) is 16.3. The maximum Gasteiger partial charge on any atom is 0.261 e. The summed E-state index contributed by atoms with van der Waals surface area (Å²) in [5, 5.41) is 6.34. The van der Waals surface area contributed by atoms with Crippen LogP contribution in [0.15, 0.2) is 0 Å². The Morgan fingerprint density at radius 2 is 1.89 bits per heavy atom. The van der Waals surface area contributed by atoms with Crippen molar-refractivity contribution in [2.24, 2.45) is 0 Å². The zero-order valence-electron chi connectivity index (χ0n) is 11.5. The SMILES string of the molecule is CCNC1CCC(NC(=O)CCOCC(F)F)CC1. The number of hydrogen-bond donors (Lipinski definition) is 2. The zero-order valence-corrected chi connectivity index (χ0v) is 11.5. The van der Waals surface area contributed by atoms with Gasteiger partial charge in [-0.1, -0.05) is 6.92 Å². The van der Waals surface area contributed by atoms with Crippen molar-refractivity contribution in [1.82, 2.24) is 10.6 Å². The third-order valence-electron chi connectivity index (χ3n) is 3.30. The quantitative estimate of drug-likeness (QED) is 0.664. The molecule has 1 amide bonds. The van der Waals surface area contributed by atoms with Crippen molar-refractivity contribution in [3.63, 3.8) is 0 Å². The highest BCUT2D eigenvalue weighted by Gasteiger charge is 2.21. The van der Waals surface area contributed by atoms with Crippen LogP contribution in [0.25, 0.3) is 0 Å². The van der Waals surface area contributed by atoms with Crippen LogP contribution in [0, 0.1) is 0 Å². The molecule has 1 rings (SSSR count). The first-order valence-electron chi connectivity index (χ1n) is 7.00. The Labute approximate surface area is 113 Å². The number of rotatable bonds is 8. The van der Waals surface area contributed by atoms with Crippen LogP contribution in [-0.2, 0) is 9.53 Å². The smallest absolute Gasteiger partial charge is 0.261 e. The van der Waals surface area contributed by atoms with Gasteiger partial charge in [0.1, 0.15) is 6.61 Å². The number of ether oxygens (including phenoxy) is 1. The minimum Gasteiger partial charge on any atom is -0.375 e. The molecule has 0 atom stereocenters. The second-order valence-electron chi connectivity index (χ2n) is 4.89. The highest BCUT2D eigenvalue weighted by atomic mass is 19.3. The summed E-state index contributed by atoms with van der Waals surface area (Å²) >= 11 is 0. The van der Waals surface area contributed by atoms with Crippen LogP contribution in [0.2, 0.25) is 0 Å². The zero-order chi connectivity index (χ0) is 14.1. The van der Waals surface area contributed by atoms with E-state index in [1.54, 1.807) is 0 Å². The first-order valence-corrected chi connectivity index (χ1v) is 7.00. The van der Waals surface area contributed by atoms with Crippen LogP contribution in [0.1, 0.15) is 39.0 Å². The fourth-order valence-corrected chi connectivity index (χ4v) is 2.37. The van der Waals surface area contributed by atoms with E-state index in [1.807, 2.05) is 0 Å². The summed E-state index contributed by atoms with van der Waals surface area (Å²) in [6.45, 7) is 2.53. The fraction of sp³-hybridized carbons (Fsp3) is 0.923. The Kier molecular flexibility index (Phi) is 7.90. The molecule has 0 spiro atoms. The van der Waals surface area contributed by atoms with Crippen LogP contribution in [0.5, 0.6) is 0 Å². The predicted octanol–water partition coefficient (Wildman–Crippen LogP) is 1.70. The summed E-state index contributed by atoms with van der Waals surface area (Å²) < 4.78 is 28.3. The standard InChI is InChI=1S/C13H24F2N2O2/c1-2-16-10-3-5-11(6-4-10)17-13(18)7-8-19-9-12(14)15/h10-12,16H,2-9H2,1H3,(H,17,18). The van der Waals surface area contributed by atoms with E-state index in [0.717, 1.165) is 32.2 Å². The Bertz CT molecular complexity index is 257. The van der Waals surface area contributed by atoms with Crippen LogP contribution >= 0.6 is 0 Å². The molecule has 2 N–H and O–H groups in total. The lowest BCUT2D eigenvalue weighted by atomic mass is 9.91. The van der Waals surface area contributed by atoms with Gasteiger partial charge in [0.2, 0.25) is 5.91 Å². The Morgan fingerprint density at radius 1 is 1.26 bits per heavy atom. The van der Waals surface area contributed by atoms with E-state index in [-0.39, 0.29) is 25.0 Å². The minimum atomic E-state index is -2.47. The molecule has 0 unspecified atom stereocenters. The third-order valence-corrected chi connectivity index (χ3v) is 3.30. The Morgan fingerprint density at radius 3 is 2.47 bits per heavy atom. The number of carbonyl (C=O) groups excluding carboxylic acids is 1. The van der Waals surface area contributed by atoms with E-state index in [0.29, 0.717) is 6.04 Å². The predicted molar refractivity (Wildman–Crippen MR) is 69.3 cm³/mol. The summed E-state index contributed by atoms with van der Waals surface area (Å²) in [6.07, 6.45) is 1.77. The number of alkyl halides is 2. The van der Waals surface area contributed by atoms with E-state index in [2.05, 4.69) is 22.3 Å². The molecule has 0 aromatic rings. The molecule has 0 bridgehead atoms. The van der Waals surface area contributed by atoms with Crippen molar-refractivity contribution in [2.45, 2.75) is 57.5 Å². The molecule has 0 saturated heterocycles. The highest BCUT2D eigenvalue weighted by molar-refractivity contribution is 5.76. The van der Waals surface area contributed by atoms with E-state index >= 15 is 0 Å². The van der Waals surface area contributed by atoms with Gasteiger partial charge in [-0.05, 0) is 32.2 Å². The lowest BCUT2D eigenvalue weighted by Crippen LogP contribution is -2.42. The maximum atomic E-state index is 11.8. The third kappa shape index (κ3) is 7.42. The van der Waals surface area contributed by atoms with Gasteiger partial charge in [-0.15, -0.1) is 0 Å². The van der Waals surface area contributed by atoms with E-state index in [9.17, 15) is 13.6 Å². The average molecular weight is 278 g/mol. The molecule has 1 fully saturated rings. The van der Waals surface area contributed by atoms with Crippen molar-refractivity contribution in [3.05, 3.63) is 0 Å². The average Bonchev–Trinajstić information content (AvgIpc) is 2.37. The van der Waals surface area contributed by atoms with E-state index < -0.39 is 13.0 Å². The molecule has 0 aromatic heterocycles. The van der Waals surface area contributed by atoms with Gasteiger partial charge in [0, 0.05) is 18.5 Å². The largest absolute Gasteiger partial charge is 0.375 e. The molecule has 1 aliphatic rings. The molecule has 0 radical (unpaired) electrons. The van der Waals surface area contributed by atoms with Gasteiger partial charge < -0.3 is 15.4 Å². The number of carbonyl (C=O) groups is 1. The monoisotopic (exact) mass is 278 g/mol. The summed E-state index contributed by atoms with van der Waals surface area (Å²) in [4.78, 5) is 11.6. The molecule has 4 nitrogen and oxygen atoms in total. The Hall–Kier alpha value is -0.750. The summed E-state index contributed by atoms with van der Waals surface area (Å²) in [7, 11) is 0. The van der Waals surface area contributed by atoms with Gasteiger partial charge >= 0.3 is 0 Å². The summed E-state index contributed by atoms with van der Waals surface area (Å²) in [5.41, 5.74) is 0. The number of amides is 1. The maximum absolute atomic E-state index is 11.8. The van der Waals surface area contributed by atoms with Gasteiger partial charge in [0.15, 0.2) is 0 Å². The molecular weight excluding hydrogens is 254 g/mol. The second-order valence-corrected chi connectivity index (χ2v) is 4.89. The van der Waals surface area contributed by atoms with Crippen LogP contribution in [-0.4, -0.2) is 44.2 Å². The van der Waals surface area contributed by atoms with Crippen molar-refractivity contribution < 1.29 is 18.3 Å². The van der Waals surface area contributed by atoms with Crippen molar-refractivity contribution in [1.29, 1.82) is 0 Å². The molecule has 0 aliphatic heterocycles. The lowest BCUT2D eigenvalue weighted by molar-refractivity contribution is -0.123. The lowest BCUT2D eigenvalue weighted by Gasteiger charge is -2.29. The van der Waals surface area contributed by atoms with Gasteiger partial charge in [-0.2, -0.15) is 0 Å². The van der Waals surface area contributed by atoms with E-state index in [4.69, 9.17) is 0 Å². The molecule has 1 aliphatic carbocycles. The molecule has 19 heavy (non-hydrogen) atoms. The van der Waals surface area contributed by atoms with Gasteiger partial charge in [0.25, 0.3) is 6.43 Å². The molecular formula is C13H24F2N2O2. The van der Waals surface area contributed by atoms with Crippen molar-refractivity contribution in [2.75, 3.05) is 19.8 Å². The highest BCUT2D eigenvalue weighted by Crippen LogP contribution is 2.18. The van der Waals surface area contributed by atoms with E-state index in [1.165, 1.54) is 0 Å². The molecule has 0 heterocycles. The molecule has 0 aromatic carbocycles.